The van der Waals surface area contributed by atoms with Crippen LogP contribution in [0.3, 0.4) is 0 Å². The van der Waals surface area contributed by atoms with Gasteiger partial charge in [-0.15, -0.1) is 0 Å². The second-order valence-corrected chi connectivity index (χ2v) is 7.78. The van der Waals surface area contributed by atoms with Crippen molar-refractivity contribution in [3.8, 4) is 0 Å². The molecule has 144 valence electrons. The van der Waals surface area contributed by atoms with Crippen LogP contribution in [0.5, 0.6) is 0 Å². The maximum atomic E-state index is 12.8. The molecule has 4 rings (SSSR count). The Morgan fingerprint density at radius 3 is 2.33 bits per heavy atom. The number of rotatable bonds is 3. The van der Waals surface area contributed by atoms with Crippen molar-refractivity contribution in [2.24, 2.45) is 11.8 Å². The van der Waals surface area contributed by atoms with Gasteiger partial charge in [-0.1, -0.05) is 24.6 Å². The average Bonchev–Trinajstić information content (AvgIpc) is 3.21. The normalized spacial score (nSPS) is 25.8. The smallest absolute Gasteiger partial charge is 0.321 e. The molecule has 3 saturated heterocycles. The number of amides is 4. The number of imide groups is 1. The number of carbonyl (C=O) groups excluding carboxylic acids is 3. The Morgan fingerprint density at radius 2 is 1.67 bits per heavy atom. The molecule has 1 aromatic rings. The average molecular weight is 370 g/mol. The van der Waals surface area contributed by atoms with Crippen LogP contribution in [0.1, 0.15) is 24.8 Å². The van der Waals surface area contributed by atoms with Crippen LogP contribution in [0.15, 0.2) is 24.3 Å². The first-order valence-electron chi connectivity index (χ1n) is 9.72. The summed E-state index contributed by atoms with van der Waals surface area (Å²) in [7, 11) is 1.52. The molecule has 4 amide bonds. The fourth-order valence-corrected chi connectivity index (χ4v) is 4.41. The zero-order valence-corrected chi connectivity index (χ0v) is 15.7. The van der Waals surface area contributed by atoms with Crippen molar-refractivity contribution in [2.75, 3.05) is 38.5 Å². The number of urea groups is 1. The molecule has 3 aliphatic rings. The molecule has 0 saturated carbocycles. The highest BCUT2D eigenvalue weighted by Gasteiger charge is 2.52. The van der Waals surface area contributed by atoms with Gasteiger partial charge in [-0.2, -0.15) is 0 Å². The molecule has 1 N–H and O–H groups in total. The molecule has 27 heavy (non-hydrogen) atoms. The summed E-state index contributed by atoms with van der Waals surface area (Å²) >= 11 is 0. The Bertz CT molecular complexity index is 735. The lowest BCUT2D eigenvalue weighted by molar-refractivity contribution is -0.138. The maximum Gasteiger partial charge on any atom is 0.321 e. The number of fused-ring (bicyclic) bond motifs is 1. The number of benzene rings is 1. The van der Waals surface area contributed by atoms with Crippen molar-refractivity contribution in [1.29, 1.82) is 0 Å². The summed E-state index contributed by atoms with van der Waals surface area (Å²) in [5.74, 6) is -1.13. The highest BCUT2D eigenvalue weighted by Crippen LogP contribution is 2.33. The van der Waals surface area contributed by atoms with Crippen LogP contribution < -0.4 is 5.32 Å². The van der Waals surface area contributed by atoms with E-state index in [0.29, 0.717) is 13.1 Å². The maximum absolute atomic E-state index is 12.8. The number of carbonyl (C=O) groups is 3. The summed E-state index contributed by atoms with van der Waals surface area (Å²) < 4.78 is 0. The van der Waals surface area contributed by atoms with Crippen molar-refractivity contribution in [2.45, 2.75) is 25.8 Å². The lowest BCUT2D eigenvalue weighted by Gasteiger charge is -2.27. The molecule has 0 aromatic heterocycles. The largest absolute Gasteiger partial charge is 0.323 e. The van der Waals surface area contributed by atoms with Gasteiger partial charge in [-0.05, 0) is 37.6 Å². The molecule has 3 aliphatic heterocycles. The zero-order chi connectivity index (χ0) is 19.0. The van der Waals surface area contributed by atoms with E-state index in [-0.39, 0.29) is 17.8 Å². The van der Waals surface area contributed by atoms with Gasteiger partial charge < -0.3 is 10.2 Å². The monoisotopic (exact) mass is 370 g/mol. The van der Waals surface area contributed by atoms with E-state index in [9.17, 15) is 14.4 Å². The number of anilines is 1. The molecule has 0 bridgehead atoms. The molecule has 0 unspecified atom stereocenters. The molecule has 0 radical (unpaired) electrons. The number of nitrogens with zero attached hydrogens (tertiary/aromatic N) is 3. The third-order valence-corrected chi connectivity index (χ3v) is 6.00. The van der Waals surface area contributed by atoms with Gasteiger partial charge >= 0.3 is 6.03 Å². The van der Waals surface area contributed by atoms with Gasteiger partial charge in [-0.3, -0.25) is 19.4 Å². The number of likely N-dealkylation sites (tertiary alicyclic amines) is 3. The standard InChI is InChI=1S/C20H26N4O3/c1-22-18(25)15-12-24(13-16(15)19(22)26)20(27)21-17-8-4-3-7-14(17)11-23-9-5-2-6-10-23/h3-4,7-8,15-16H,2,5-6,9-13H2,1H3,(H,21,27)/t15-,16+. The summed E-state index contributed by atoms with van der Waals surface area (Å²) in [4.78, 5) is 42.2. The molecule has 7 nitrogen and oxygen atoms in total. The van der Waals surface area contributed by atoms with Crippen molar-refractivity contribution in [1.82, 2.24) is 14.7 Å². The zero-order valence-electron chi connectivity index (χ0n) is 15.7. The third-order valence-electron chi connectivity index (χ3n) is 6.00. The third kappa shape index (κ3) is 3.43. The quantitative estimate of drug-likeness (QED) is 0.823. The summed E-state index contributed by atoms with van der Waals surface area (Å²) in [6.07, 6.45) is 3.74. The minimum Gasteiger partial charge on any atom is -0.323 e. The number of piperidine rings is 1. The van der Waals surface area contributed by atoms with Crippen molar-refractivity contribution < 1.29 is 14.4 Å². The Morgan fingerprint density at radius 1 is 1.04 bits per heavy atom. The number of para-hydroxylation sites is 1. The Kier molecular flexibility index (Phi) is 4.86. The molecule has 2 atom stereocenters. The van der Waals surface area contributed by atoms with E-state index < -0.39 is 11.8 Å². The van der Waals surface area contributed by atoms with Gasteiger partial charge in [0.15, 0.2) is 0 Å². The van der Waals surface area contributed by atoms with E-state index in [2.05, 4.69) is 10.2 Å². The first-order valence-corrected chi connectivity index (χ1v) is 9.72. The topological polar surface area (TPSA) is 73.0 Å². The summed E-state index contributed by atoms with van der Waals surface area (Å²) in [5.41, 5.74) is 1.90. The van der Waals surface area contributed by atoms with E-state index in [0.717, 1.165) is 30.9 Å². The van der Waals surface area contributed by atoms with Crippen molar-refractivity contribution in [3.63, 3.8) is 0 Å². The van der Waals surface area contributed by atoms with E-state index in [1.54, 1.807) is 4.90 Å². The van der Waals surface area contributed by atoms with Crippen LogP contribution in [0, 0.1) is 11.8 Å². The molecule has 0 aliphatic carbocycles. The molecule has 1 aromatic carbocycles. The Balaban J connectivity index is 1.42. The van der Waals surface area contributed by atoms with Gasteiger partial charge in [0.25, 0.3) is 0 Å². The van der Waals surface area contributed by atoms with Gasteiger partial charge in [0, 0.05) is 32.4 Å². The first kappa shape index (κ1) is 18.0. The highest BCUT2D eigenvalue weighted by atomic mass is 16.2. The van der Waals surface area contributed by atoms with Crippen LogP contribution in [-0.2, 0) is 16.1 Å². The first-order chi connectivity index (χ1) is 13.0. The summed E-state index contributed by atoms with van der Waals surface area (Å²) in [5, 5.41) is 3.00. The van der Waals surface area contributed by atoms with E-state index in [1.165, 1.54) is 31.2 Å². The fraction of sp³-hybridized carbons (Fsp3) is 0.550. The predicted molar refractivity (Wildman–Crippen MR) is 101 cm³/mol. The lowest BCUT2D eigenvalue weighted by Crippen LogP contribution is -2.38. The second-order valence-electron chi connectivity index (χ2n) is 7.78. The molecule has 7 heteroatoms. The second kappa shape index (κ2) is 7.31. The van der Waals surface area contributed by atoms with Crippen LogP contribution in [-0.4, -0.2) is 65.8 Å². The summed E-state index contributed by atoms with van der Waals surface area (Å²) in [6.45, 7) is 3.62. The molecule has 3 heterocycles. The van der Waals surface area contributed by atoms with Gasteiger partial charge in [0.2, 0.25) is 11.8 Å². The predicted octanol–water partition coefficient (Wildman–Crippen LogP) is 1.75. The lowest BCUT2D eigenvalue weighted by atomic mass is 10.00. The van der Waals surface area contributed by atoms with Crippen LogP contribution in [0.2, 0.25) is 0 Å². The molecular formula is C20H26N4O3. The van der Waals surface area contributed by atoms with Crippen LogP contribution in [0.4, 0.5) is 10.5 Å². The Labute approximate surface area is 159 Å². The Hall–Kier alpha value is -2.41. The SMILES string of the molecule is CN1C(=O)[C@H]2CN(C(=O)Nc3ccccc3CN3CCCCC3)C[C@H]2C1=O. The highest BCUT2D eigenvalue weighted by molar-refractivity contribution is 6.06. The molecule has 0 spiro atoms. The van der Waals surface area contributed by atoms with Crippen molar-refractivity contribution in [3.05, 3.63) is 29.8 Å². The minimum absolute atomic E-state index is 0.175. The number of hydrogen-bond donors (Lipinski definition) is 1. The minimum atomic E-state index is -0.392. The fourth-order valence-electron chi connectivity index (χ4n) is 4.41. The number of hydrogen-bond acceptors (Lipinski definition) is 4. The van der Waals surface area contributed by atoms with Crippen molar-refractivity contribution >= 4 is 23.5 Å². The van der Waals surface area contributed by atoms with E-state index >= 15 is 0 Å². The summed E-state index contributed by atoms with van der Waals surface area (Å²) in [6, 6.07) is 7.63. The molecule has 3 fully saturated rings. The number of nitrogens with one attached hydrogen (secondary N) is 1. The van der Waals surface area contributed by atoms with E-state index in [4.69, 9.17) is 0 Å². The van der Waals surface area contributed by atoms with Gasteiger partial charge in [0.05, 0.1) is 11.8 Å². The van der Waals surface area contributed by atoms with Crippen LogP contribution >= 0.6 is 0 Å². The van der Waals surface area contributed by atoms with Gasteiger partial charge in [0.1, 0.15) is 0 Å². The van der Waals surface area contributed by atoms with Crippen LogP contribution in [0.25, 0.3) is 0 Å². The van der Waals surface area contributed by atoms with E-state index in [1.807, 2.05) is 24.3 Å². The molecular weight excluding hydrogens is 344 g/mol. The van der Waals surface area contributed by atoms with Gasteiger partial charge in [-0.25, -0.2) is 4.79 Å².